The predicted molar refractivity (Wildman–Crippen MR) is 115 cm³/mol. The quantitative estimate of drug-likeness (QED) is 0.813. The summed E-state index contributed by atoms with van der Waals surface area (Å²) in [6.07, 6.45) is 0.980. The van der Waals surface area contributed by atoms with Gasteiger partial charge in [-0.15, -0.1) is 0 Å². The van der Waals surface area contributed by atoms with Crippen LogP contribution in [-0.2, 0) is 21.4 Å². The van der Waals surface area contributed by atoms with E-state index in [0.29, 0.717) is 13.1 Å². The van der Waals surface area contributed by atoms with Gasteiger partial charge >= 0.3 is 0 Å². The molecular formula is C24H30N2O3. The number of nitrogens with zero attached hydrogens (tertiary/aromatic N) is 1. The van der Waals surface area contributed by atoms with Crippen molar-refractivity contribution < 1.29 is 14.3 Å². The first-order chi connectivity index (χ1) is 13.8. The zero-order valence-corrected chi connectivity index (χ0v) is 17.7. The van der Waals surface area contributed by atoms with Gasteiger partial charge < -0.3 is 15.0 Å². The van der Waals surface area contributed by atoms with Crippen LogP contribution in [0.2, 0.25) is 0 Å². The third kappa shape index (κ3) is 5.17. The van der Waals surface area contributed by atoms with Gasteiger partial charge in [-0.1, -0.05) is 45.0 Å². The zero-order chi connectivity index (χ0) is 21.0. The van der Waals surface area contributed by atoms with Crippen molar-refractivity contribution >= 4 is 17.5 Å². The lowest BCUT2D eigenvalue weighted by Gasteiger charge is -2.21. The molecule has 1 unspecified atom stereocenters. The molecule has 0 spiro atoms. The van der Waals surface area contributed by atoms with Crippen molar-refractivity contribution in [3.05, 3.63) is 59.7 Å². The fraction of sp³-hybridized carbons (Fsp3) is 0.417. The van der Waals surface area contributed by atoms with E-state index in [-0.39, 0.29) is 29.6 Å². The highest BCUT2D eigenvalue weighted by Gasteiger charge is 2.35. The van der Waals surface area contributed by atoms with Gasteiger partial charge in [0.05, 0.1) is 13.0 Å². The standard InChI is InChI=1S/C24H30N2O3/c1-24(2,3)19-8-10-20(11-9-19)26-16-18(15-22(26)27)23(28)25-13-12-17-6-5-7-21(14-17)29-4/h5-11,14,18H,12-13,15-16H2,1-4H3,(H,25,28). The summed E-state index contributed by atoms with van der Waals surface area (Å²) < 4.78 is 5.22. The molecule has 5 nitrogen and oxygen atoms in total. The molecule has 0 aliphatic carbocycles. The summed E-state index contributed by atoms with van der Waals surface area (Å²) in [5.41, 5.74) is 3.25. The molecule has 1 aliphatic rings. The van der Waals surface area contributed by atoms with Crippen molar-refractivity contribution in [1.82, 2.24) is 5.32 Å². The number of carbonyl (C=O) groups excluding carboxylic acids is 2. The van der Waals surface area contributed by atoms with Gasteiger partial charge in [-0.2, -0.15) is 0 Å². The van der Waals surface area contributed by atoms with Gasteiger partial charge in [0.2, 0.25) is 11.8 Å². The topological polar surface area (TPSA) is 58.6 Å². The molecule has 2 aromatic rings. The minimum Gasteiger partial charge on any atom is -0.497 e. The zero-order valence-electron chi connectivity index (χ0n) is 17.7. The summed E-state index contributed by atoms with van der Waals surface area (Å²) in [5, 5.41) is 2.97. The van der Waals surface area contributed by atoms with Crippen molar-refractivity contribution in [2.75, 3.05) is 25.1 Å². The number of nitrogens with one attached hydrogen (secondary N) is 1. The Labute approximate surface area is 173 Å². The van der Waals surface area contributed by atoms with E-state index in [0.717, 1.165) is 23.4 Å². The molecule has 5 heteroatoms. The second-order valence-corrected chi connectivity index (χ2v) is 8.59. The highest BCUT2D eigenvalue weighted by Crippen LogP contribution is 2.28. The summed E-state index contributed by atoms with van der Waals surface area (Å²) in [4.78, 5) is 26.7. The molecule has 1 aliphatic heterocycles. The Bertz CT molecular complexity index is 868. The van der Waals surface area contributed by atoms with Crippen LogP contribution < -0.4 is 15.0 Å². The van der Waals surface area contributed by atoms with E-state index >= 15 is 0 Å². The van der Waals surface area contributed by atoms with Gasteiger partial charge in [0.15, 0.2) is 0 Å². The smallest absolute Gasteiger partial charge is 0.227 e. The van der Waals surface area contributed by atoms with E-state index in [1.807, 2.05) is 36.4 Å². The maximum Gasteiger partial charge on any atom is 0.227 e. The Morgan fingerprint density at radius 2 is 1.90 bits per heavy atom. The number of rotatable bonds is 6. The summed E-state index contributed by atoms with van der Waals surface area (Å²) in [6, 6.07) is 15.9. The minimum absolute atomic E-state index is 0.00135. The fourth-order valence-electron chi connectivity index (χ4n) is 3.58. The highest BCUT2D eigenvalue weighted by molar-refractivity contribution is 6.00. The van der Waals surface area contributed by atoms with Crippen LogP contribution in [0.25, 0.3) is 0 Å². The molecule has 0 radical (unpaired) electrons. The van der Waals surface area contributed by atoms with Crippen LogP contribution in [0.15, 0.2) is 48.5 Å². The Morgan fingerprint density at radius 3 is 2.55 bits per heavy atom. The van der Waals surface area contributed by atoms with Crippen LogP contribution in [0.5, 0.6) is 5.75 Å². The van der Waals surface area contributed by atoms with Gasteiger partial charge in [-0.05, 0) is 47.2 Å². The van der Waals surface area contributed by atoms with Crippen LogP contribution in [0.4, 0.5) is 5.69 Å². The number of methoxy groups -OCH3 is 1. The van der Waals surface area contributed by atoms with Crippen molar-refractivity contribution in [3.8, 4) is 5.75 Å². The Kier molecular flexibility index (Phi) is 6.26. The lowest BCUT2D eigenvalue weighted by atomic mass is 9.87. The monoisotopic (exact) mass is 394 g/mol. The lowest BCUT2D eigenvalue weighted by molar-refractivity contribution is -0.126. The van der Waals surface area contributed by atoms with Crippen molar-refractivity contribution in [2.45, 2.75) is 39.0 Å². The van der Waals surface area contributed by atoms with E-state index in [2.05, 4.69) is 38.2 Å². The fourth-order valence-corrected chi connectivity index (χ4v) is 3.58. The van der Waals surface area contributed by atoms with Crippen LogP contribution in [0.1, 0.15) is 38.3 Å². The molecule has 1 N–H and O–H groups in total. The van der Waals surface area contributed by atoms with Gasteiger partial charge in [-0.25, -0.2) is 0 Å². The van der Waals surface area contributed by atoms with Crippen molar-refractivity contribution in [2.24, 2.45) is 5.92 Å². The van der Waals surface area contributed by atoms with E-state index in [1.54, 1.807) is 12.0 Å². The average Bonchev–Trinajstić information content (AvgIpc) is 3.09. The van der Waals surface area contributed by atoms with Crippen LogP contribution in [0, 0.1) is 5.92 Å². The molecule has 0 bridgehead atoms. The van der Waals surface area contributed by atoms with Crippen LogP contribution in [-0.4, -0.2) is 32.0 Å². The molecule has 1 heterocycles. The van der Waals surface area contributed by atoms with E-state index < -0.39 is 0 Å². The van der Waals surface area contributed by atoms with Crippen LogP contribution in [0.3, 0.4) is 0 Å². The summed E-state index contributed by atoms with van der Waals surface area (Å²) >= 11 is 0. The molecule has 2 amide bonds. The summed E-state index contributed by atoms with van der Waals surface area (Å²) in [6.45, 7) is 7.45. The van der Waals surface area contributed by atoms with Gasteiger partial charge in [0.25, 0.3) is 0 Å². The third-order valence-corrected chi connectivity index (χ3v) is 5.39. The average molecular weight is 395 g/mol. The molecule has 29 heavy (non-hydrogen) atoms. The minimum atomic E-state index is -0.310. The van der Waals surface area contributed by atoms with Gasteiger partial charge in [-0.3, -0.25) is 9.59 Å². The summed E-state index contributed by atoms with van der Waals surface area (Å²) in [5.74, 6) is 0.440. The Balaban J connectivity index is 1.54. The van der Waals surface area contributed by atoms with E-state index in [4.69, 9.17) is 4.74 Å². The molecule has 0 saturated carbocycles. The second-order valence-electron chi connectivity index (χ2n) is 8.59. The third-order valence-electron chi connectivity index (χ3n) is 5.39. The first-order valence-electron chi connectivity index (χ1n) is 10.1. The predicted octanol–water partition coefficient (Wildman–Crippen LogP) is 3.70. The first-order valence-corrected chi connectivity index (χ1v) is 10.1. The second kappa shape index (κ2) is 8.68. The van der Waals surface area contributed by atoms with Crippen LogP contribution >= 0.6 is 0 Å². The van der Waals surface area contributed by atoms with E-state index in [1.165, 1.54) is 5.56 Å². The maximum absolute atomic E-state index is 12.6. The van der Waals surface area contributed by atoms with Crippen molar-refractivity contribution in [1.29, 1.82) is 0 Å². The van der Waals surface area contributed by atoms with E-state index in [9.17, 15) is 9.59 Å². The number of benzene rings is 2. The molecule has 154 valence electrons. The largest absolute Gasteiger partial charge is 0.497 e. The molecule has 1 saturated heterocycles. The molecule has 2 aromatic carbocycles. The SMILES string of the molecule is COc1cccc(CCNC(=O)C2CC(=O)N(c3ccc(C(C)(C)C)cc3)C2)c1. The van der Waals surface area contributed by atoms with Crippen molar-refractivity contribution in [3.63, 3.8) is 0 Å². The number of anilines is 1. The molecule has 1 atom stereocenters. The number of carbonyl (C=O) groups is 2. The first kappa shape index (κ1) is 20.9. The molecule has 1 fully saturated rings. The Hall–Kier alpha value is -2.82. The molecule has 0 aromatic heterocycles. The number of hydrogen-bond acceptors (Lipinski definition) is 3. The lowest BCUT2D eigenvalue weighted by Crippen LogP contribution is -2.34. The number of amides is 2. The normalized spacial score (nSPS) is 16.8. The number of hydrogen-bond donors (Lipinski definition) is 1. The molecule has 3 rings (SSSR count). The summed E-state index contributed by atoms with van der Waals surface area (Å²) in [7, 11) is 1.64. The van der Waals surface area contributed by atoms with Gasteiger partial charge in [0, 0.05) is 25.2 Å². The Morgan fingerprint density at radius 1 is 1.17 bits per heavy atom. The number of ether oxygens (including phenoxy) is 1. The van der Waals surface area contributed by atoms with Gasteiger partial charge in [0.1, 0.15) is 5.75 Å². The maximum atomic E-state index is 12.6. The molecular weight excluding hydrogens is 364 g/mol. The highest BCUT2D eigenvalue weighted by atomic mass is 16.5.